The summed E-state index contributed by atoms with van der Waals surface area (Å²) in [5.41, 5.74) is 3.44. The van der Waals surface area contributed by atoms with Crippen LogP contribution in [0.25, 0.3) is 11.0 Å². The smallest absolute Gasteiger partial charge is 0.257 e. The maximum atomic E-state index is 13.7. The van der Waals surface area contributed by atoms with Gasteiger partial charge >= 0.3 is 0 Å². The van der Waals surface area contributed by atoms with E-state index in [1.54, 1.807) is 20.4 Å². The zero-order valence-electron chi connectivity index (χ0n) is 19.1. The Balaban J connectivity index is 1.83. The van der Waals surface area contributed by atoms with E-state index < -0.39 is 0 Å². The van der Waals surface area contributed by atoms with Crippen molar-refractivity contribution in [1.29, 1.82) is 0 Å². The number of hydrogen-bond donors (Lipinski definition) is 1. The highest BCUT2D eigenvalue weighted by Crippen LogP contribution is 2.36. The van der Waals surface area contributed by atoms with E-state index in [-0.39, 0.29) is 11.9 Å². The molecule has 2 aromatic heterocycles. The molecule has 32 heavy (non-hydrogen) atoms. The Kier molecular flexibility index (Phi) is 6.44. The summed E-state index contributed by atoms with van der Waals surface area (Å²) in [5, 5.41) is 4.25. The topological polar surface area (TPSA) is 76.6 Å². The van der Waals surface area contributed by atoms with E-state index in [0.29, 0.717) is 28.4 Å². The SMILES string of the molecule is CCC1CCCCN1C(=O)c1cnc2nc(C)ccc2c1Nc1ccc(OC)cc1OC. The van der Waals surface area contributed by atoms with Crippen LogP contribution < -0.4 is 14.8 Å². The molecule has 0 bridgehead atoms. The third kappa shape index (κ3) is 4.20. The molecular weight excluding hydrogens is 404 g/mol. The van der Waals surface area contributed by atoms with Gasteiger partial charge in [-0.3, -0.25) is 4.79 Å². The van der Waals surface area contributed by atoms with Crippen LogP contribution in [0.15, 0.2) is 36.5 Å². The van der Waals surface area contributed by atoms with Gasteiger partial charge in [0.2, 0.25) is 0 Å². The van der Waals surface area contributed by atoms with Crippen molar-refractivity contribution in [3.05, 3.63) is 47.8 Å². The van der Waals surface area contributed by atoms with E-state index in [1.807, 2.05) is 42.2 Å². The minimum Gasteiger partial charge on any atom is -0.497 e. The molecule has 1 aliphatic rings. The number of benzene rings is 1. The molecule has 168 valence electrons. The lowest BCUT2D eigenvalue weighted by atomic mass is 9.98. The Morgan fingerprint density at radius 2 is 2.03 bits per heavy atom. The molecule has 0 saturated carbocycles. The Labute approximate surface area is 188 Å². The van der Waals surface area contributed by atoms with E-state index in [4.69, 9.17) is 9.47 Å². The number of aryl methyl sites for hydroxylation is 1. The lowest BCUT2D eigenvalue weighted by Crippen LogP contribution is -2.43. The molecule has 1 saturated heterocycles. The first-order valence-corrected chi connectivity index (χ1v) is 11.1. The fourth-order valence-electron chi connectivity index (χ4n) is 4.35. The number of amides is 1. The van der Waals surface area contributed by atoms with Gasteiger partial charge < -0.3 is 19.7 Å². The minimum atomic E-state index is 0.00139. The highest BCUT2D eigenvalue weighted by Gasteiger charge is 2.29. The van der Waals surface area contributed by atoms with Crippen molar-refractivity contribution < 1.29 is 14.3 Å². The molecule has 1 unspecified atom stereocenters. The van der Waals surface area contributed by atoms with Gasteiger partial charge in [0, 0.05) is 35.9 Å². The average molecular weight is 435 g/mol. The van der Waals surface area contributed by atoms with Gasteiger partial charge in [-0.15, -0.1) is 0 Å². The molecule has 0 spiro atoms. The number of methoxy groups -OCH3 is 2. The molecule has 3 aromatic rings. The third-order valence-electron chi connectivity index (χ3n) is 6.13. The van der Waals surface area contributed by atoms with E-state index in [1.165, 1.54) is 0 Å². The molecular formula is C25H30N4O3. The number of rotatable bonds is 6. The van der Waals surface area contributed by atoms with Crippen LogP contribution >= 0.6 is 0 Å². The number of carbonyl (C=O) groups is 1. The van der Waals surface area contributed by atoms with E-state index in [0.717, 1.165) is 49.0 Å². The molecule has 7 heteroatoms. The Bertz CT molecular complexity index is 1130. The van der Waals surface area contributed by atoms with Crippen molar-refractivity contribution in [2.45, 2.75) is 45.6 Å². The molecule has 1 N–H and O–H groups in total. The van der Waals surface area contributed by atoms with E-state index >= 15 is 0 Å². The van der Waals surface area contributed by atoms with Gasteiger partial charge in [-0.2, -0.15) is 0 Å². The Morgan fingerprint density at radius 3 is 2.78 bits per heavy atom. The lowest BCUT2D eigenvalue weighted by molar-refractivity contribution is 0.0609. The zero-order valence-corrected chi connectivity index (χ0v) is 19.1. The summed E-state index contributed by atoms with van der Waals surface area (Å²) in [7, 11) is 3.23. The van der Waals surface area contributed by atoms with Crippen LogP contribution in [0.3, 0.4) is 0 Å². The summed E-state index contributed by atoms with van der Waals surface area (Å²) in [6.45, 7) is 4.84. The van der Waals surface area contributed by atoms with Crippen LogP contribution in [0.1, 0.15) is 48.7 Å². The number of pyridine rings is 2. The molecule has 0 radical (unpaired) electrons. The fraction of sp³-hybridized carbons (Fsp3) is 0.400. The van der Waals surface area contributed by atoms with Gasteiger partial charge in [0.15, 0.2) is 5.65 Å². The summed E-state index contributed by atoms with van der Waals surface area (Å²) in [6.07, 6.45) is 5.83. The summed E-state index contributed by atoms with van der Waals surface area (Å²) in [6, 6.07) is 9.71. The molecule has 3 heterocycles. The van der Waals surface area contributed by atoms with Crippen molar-refractivity contribution >= 4 is 28.3 Å². The average Bonchev–Trinajstić information content (AvgIpc) is 2.83. The highest BCUT2D eigenvalue weighted by atomic mass is 16.5. The second-order valence-electron chi connectivity index (χ2n) is 8.12. The van der Waals surface area contributed by atoms with Crippen LogP contribution in [-0.4, -0.2) is 47.6 Å². The lowest BCUT2D eigenvalue weighted by Gasteiger charge is -2.35. The van der Waals surface area contributed by atoms with Crippen molar-refractivity contribution in [2.24, 2.45) is 0 Å². The number of likely N-dealkylation sites (tertiary alicyclic amines) is 1. The second kappa shape index (κ2) is 9.42. The number of nitrogens with one attached hydrogen (secondary N) is 1. The van der Waals surface area contributed by atoms with Crippen LogP contribution in [0.2, 0.25) is 0 Å². The number of hydrogen-bond acceptors (Lipinski definition) is 6. The van der Waals surface area contributed by atoms with Gasteiger partial charge in [-0.1, -0.05) is 6.92 Å². The normalized spacial score (nSPS) is 16.1. The largest absolute Gasteiger partial charge is 0.497 e. The number of carbonyl (C=O) groups excluding carboxylic acids is 1. The Hall–Kier alpha value is -3.35. The summed E-state index contributed by atoms with van der Waals surface area (Å²) >= 11 is 0. The van der Waals surface area contributed by atoms with Gasteiger partial charge in [0.05, 0.1) is 31.2 Å². The van der Waals surface area contributed by atoms with E-state index in [9.17, 15) is 4.79 Å². The number of nitrogens with zero attached hydrogens (tertiary/aromatic N) is 3. The van der Waals surface area contributed by atoms with Gasteiger partial charge in [0.1, 0.15) is 11.5 Å². The summed E-state index contributed by atoms with van der Waals surface area (Å²) < 4.78 is 10.9. The molecule has 1 atom stereocenters. The minimum absolute atomic E-state index is 0.00139. The van der Waals surface area contributed by atoms with Gasteiger partial charge in [-0.25, -0.2) is 9.97 Å². The monoisotopic (exact) mass is 434 g/mol. The first-order valence-electron chi connectivity index (χ1n) is 11.1. The van der Waals surface area contributed by atoms with Crippen molar-refractivity contribution in [2.75, 3.05) is 26.1 Å². The van der Waals surface area contributed by atoms with Crippen LogP contribution in [-0.2, 0) is 0 Å². The molecule has 1 fully saturated rings. The predicted molar refractivity (Wildman–Crippen MR) is 126 cm³/mol. The molecule has 1 aromatic carbocycles. The van der Waals surface area contributed by atoms with Crippen molar-refractivity contribution in [3.8, 4) is 11.5 Å². The summed E-state index contributed by atoms with van der Waals surface area (Å²) in [4.78, 5) is 24.8. The maximum absolute atomic E-state index is 13.7. The first-order chi connectivity index (χ1) is 15.5. The van der Waals surface area contributed by atoms with Crippen LogP contribution in [0.5, 0.6) is 11.5 Å². The first kappa shape index (κ1) is 21.9. The van der Waals surface area contributed by atoms with Crippen LogP contribution in [0, 0.1) is 6.92 Å². The molecule has 7 nitrogen and oxygen atoms in total. The Morgan fingerprint density at radius 1 is 1.19 bits per heavy atom. The fourth-order valence-corrected chi connectivity index (χ4v) is 4.35. The van der Waals surface area contributed by atoms with Gasteiger partial charge in [0.25, 0.3) is 5.91 Å². The summed E-state index contributed by atoms with van der Waals surface area (Å²) in [5.74, 6) is 1.32. The number of fused-ring (bicyclic) bond motifs is 1. The quantitative estimate of drug-likeness (QED) is 0.581. The molecule has 4 rings (SSSR count). The molecule has 0 aliphatic carbocycles. The second-order valence-corrected chi connectivity index (χ2v) is 8.12. The van der Waals surface area contributed by atoms with Crippen molar-refractivity contribution in [3.63, 3.8) is 0 Å². The number of aromatic nitrogens is 2. The molecule has 1 amide bonds. The predicted octanol–water partition coefficient (Wildman–Crippen LogP) is 5.10. The van der Waals surface area contributed by atoms with Gasteiger partial charge in [-0.05, 0) is 56.9 Å². The third-order valence-corrected chi connectivity index (χ3v) is 6.13. The van der Waals surface area contributed by atoms with Crippen molar-refractivity contribution in [1.82, 2.24) is 14.9 Å². The zero-order chi connectivity index (χ0) is 22.7. The standard InChI is InChI=1S/C25H30N4O3/c1-5-17-8-6-7-13-29(17)25(30)20-15-26-24-19(11-9-16(2)27-24)23(20)28-21-12-10-18(31-3)14-22(21)32-4/h9-12,14-15,17H,5-8,13H2,1-4H3,(H,26,27,28). The number of ether oxygens (including phenoxy) is 2. The maximum Gasteiger partial charge on any atom is 0.257 e. The van der Waals surface area contributed by atoms with E-state index in [2.05, 4.69) is 22.2 Å². The highest BCUT2D eigenvalue weighted by molar-refractivity contribution is 6.07. The molecule has 1 aliphatic heterocycles. The number of anilines is 2. The van der Waals surface area contributed by atoms with Crippen LogP contribution in [0.4, 0.5) is 11.4 Å². The number of piperidine rings is 1.